The van der Waals surface area contributed by atoms with Gasteiger partial charge >= 0.3 is 0 Å². The molecule has 0 atom stereocenters. The highest BCUT2D eigenvalue weighted by Crippen LogP contribution is 2.29. The van der Waals surface area contributed by atoms with Gasteiger partial charge in [-0.25, -0.2) is 12.8 Å². The minimum Gasteiger partial charge on any atom is -0.490 e. The quantitative estimate of drug-likeness (QED) is 0.879. The molecule has 4 nitrogen and oxygen atoms in total. The van der Waals surface area contributed by atoms with Crippen LogP contribution in [0.15, 0.2) is 18.2 Å². The monoisotopic (exact) mass is 245 g/mol. The van der Waals surface area contributed by atoms with Crippen LogP contribution in [0, 0.1) is 5.82 Å². The molecule has 0 saturated heterocycles. The van der Waals surface area contributed by atoms with Crippen LogP contribution in [0.1, 0.15) is 12.8 Å². The Morgan fingerprint density at radius 2 is 2.06 bits per heavy atom. The van der Waals surface area contributed by atoms with E-state index in [0.29, 0.717) is 5.75 Å². The normalized spacial score (nSPS) is 15.9. The third-order valence-electron chi connectivity index (χ3n) is 2.00. The summed E-state index contributed by atoms with van der Waals surface area (Å²) in [5.41, 5.74) is 0.179. The van der Waals surface area contributed by atoms with Crippen LogP contribution in [0.25, 0.3) is 0 Å². The molecular formula is C10H12FNO3S. The van der Waals surface area contributed by atoms with E-state index in [9.17, 15) is 12.8 Å². The Balaban J connectivity index is 2.20. The third-order valence-corrected chi connectivity index (χ3v) is 2.61. The van der Waals surface area contributed by atoms with Gasteiger partial charge in [0.25, 0.3) is 0 Å². The van der Waals surface area contributed by atoms with E-state index in [1.807, 2.05) is 0 Å². The minimum atomic E-state index is -3.40. The predicted octanol–water partition coefficient (Wildman–Crippen LogP) is 1.74. The molecule has 16 heavy (non-hydrogen) atoms. The number of hydrogen-bond donors (Lipinski definition) is 1. The topological polar surface area (TPSA) is 55.4 Å². The largest absolute Gasteiger partial charge is 0.490 e. The Morgan fingerprint density at radius 3 is 2.62 bits per heavy atom. The first kappa shape index (κ1) is 11.2. The van der Waals surface area contributed by atoms with Gasteiger partial charge in [-0.1, -0.05) is 0 Å². The second-order valence-corrected chi connectivity index (χ2v) is 5.62. The molecule has 0 heterocycles. The summed E-state index contributed by atoms with van der Waals surface area (Å²) in [4.78, 5) is 0. The van der Waals surface area contributed by atoms with Crippen molar-refractivity contribution in [1.29, 1.82) is 0 Å². The van der Waals surface area contributed by atoms with Crippen LogP contribution >= 0.6 is 0 Å². The standard InChI is InChI=1S/C10H12FNO3S/c1-16(13,14)12-8-4-7(11)5-10(6-8)15-9-2-3-9/h4-6,9,12H,2-3H2,1H3. The van der Waals surface area contributed by atoms with Crippen LogP contribution in [-0.4, -0.2) is 20.8 Å². The summed E-state index contributed by atoms with van der Waals surface area (Å²) in [6, 6.07) is 3.83. The highest BCUT2D eigenvalue weighted by atomic mass is 32.2. The number of benzene rings is 1. The Bertz CT molecular complexity index is 497. The minimum absolute atomic E-state index is 0.146. The van der Waals surface area contributed by atoms with Crippen molar-refractivity contribution in [2.24, 2.45) is 0 Å². The highest BCUT2D eigenvalue weighted by Gasteiger charge is 2.23. The maximum atomic E-state index is 13.2. The van der Waals surface area contributed by atoms with Crippen LogP contribution in [0.4, 0.5) is 10.1 Å². The Kier molecular flexibility index (Phi) is 2.75. The van der Waals surface area contributed by atoms with Crippen LogP contribution in [0.5, 0.6) is 5.75 Å². The number of ether oxygens (including phenoxy) is 1. The lowest BCUT2D eigenvalue weighted by Gasteiger charge is -2.08. The molecule has 0 aliphatic heterocycles. The van der Waals surface area contributed by atoms with Gasteiger partial charge in [-0.3, -0.25) is 4.72 Å². The highest BCUT2D eigenvalue weighted by molar-refractivity contribution is 7.92. The summed E-state index contributed by atoms with van der Waals surface area (Å²) >= 11 is 0. The zero-order chi connectivity index (χ0) is 11.8. The molecule has 1 aromatic rings. The van der Waals surface area contributed by atoms with Gasteiger partial charge in [0.05, 0.1) is 18.0 Å². The Labute approximate surface area is 93.5 Å². The molecule has 2 rings (SSSR count). The van der Waals surface area contributed by atoms with Gasteiger partial charge in [0, 0.05) is 12.1 Å². The zero-order valence-corrected chi connectivity index (χ0v) is 9.55. The maximum absolute atomic E-state index is 13.2. The van der Waals surface area contributed by atoms with Gasteiger partial charge in [0.1, 0.15) is 11.6 Å². The van der Waals surface area contributed by atoms with Gasteiger partial charge < -0.3 is 4.74 Å². The molecule has 1 aliphatic carbocycles. The van der Waals surface area contributed by atoms with E-state index in [-0.39, 0.29) is 11.8 Å². The summed E-state index contributed by atoms with van der Waals surface area (Å²) in [6.07, 6.45) is 3.09. The van der Waals surface area contributed by atoms with Crippen molar-refractivity contribution in [2.45, 2.75) is 18.9 Å². The molecule has 0 amide bonds. The predicted molar refractivity (Wildman–Crippen MR) is 58.5 cm³/mol. The van der Waals surface area contributed by atoms with E-state index in [2.05, 4.69) is 4.72 Å². The summed E-state index contributed by atoms with van der Waals surface area (Å²) in [7, 11) is -3.40. The first-order valence-corrected chi connectivity index (χ1v) is 6.76. The number of rotatable bonds is 4. The maximum Gasteiger partial charge on any atom is 0.229 e. The van der Waals surface area contributed by atoms with Crippen molar-refractivity contribution in [3.05, 3.63) is 24.0 Å². The molecule has 1 aliphatic rings. The molecule has 0 unspecified atom stereocenters. The summed E-state index contributed by atoms with van der Waals surface area (Å²) < 4.78 is 42.7. The molecule has 6 heteroatoms. The molecule has 0 bridgehead atoms. The number of sulfonamides is 1. The molecule has 88 valence electrons. The van der Waals surface area contributed by atoms with E-state index >= 15 is 0 Å². The smallest absolute Gasteiger partial charge is 0.229 e. The molecule has 0 spiro atoms. The van der Waals surface area contributed by atoms with E-state index in [1.165, 1.54) is 12.1 Å². The molecular weight excluding hydrogens is 233 g/mol. The number of halogens is 1. The molecule has 1 N–H and O–H groups in total. The molecule has 0 aromatic heterocycles. The lowest BCUT2D eigenvalue weighted by molar-refractivity contribution is 0.302. The van der Waals surface area contributed by atoms with Crippen LogP contribution in [0.2, 0.25) is 0 Å². The van der Waals surface area contributed by atoms with Crippen molar-refractivity contribution in [1.82, 2.24) is 0 Å². The Morgan fingerprint density at radius 1 is 1.38 bits per heavy atom. The van der Waals surface area contributed by atoms with Crippen molar-refractivity contribution in [3.63, 3.8) is 0 Å². The van der Waals surface area contributed by atoms with Gasteiger partial charge in [-0.05, 0) is 18.9 Å². The van der Waals surface area contributed by atoms with E-state index in [1.54, 1.807) is 0 Å². The molecule has 1 aromatic carbocycles. The fourth-order valence-corrected chi connectivity index (χ4v) is 1.83. The third kappa shape index (κ3) is 3.37. The van der Waals surface area contributed by atoms with Crippen molar-refractivity contribution in [2.75, 3.05) is 11.0 Å². The first-order chi connectivity index (χ1) is 7.42. The molecule has 1 saturated carbocycles. The fraction of sp³-hybridized carbons (Fsp3) is 0.400. The SMILES string of the molecule is CS(=O)(=O)Nc1cc(F)cc(OC2CC2)c1. The van der Waals surface area contributed by atoms with E-state index < -0.39 is 15.8 Å². The fourth-order valence-electron chi connectivity index (χ4n) is 1.28. The number of nitrogens with one attached hydrogen (secondary N) is 1. The van der Waals surface area contributed by atoms with Gasteiger partial charge in [0.2, 0.25) is 10.0 Å². The van der Waals surface area contributed by atoms with Crippen LogP contribution in [0.3, 0.4) is 0 Å². The second-order valence-electron chi connectivity index (χ2n) is 3.87. The summed E-state index contributed by atoms with van der Waals surface area (Å²) in [6.45, 7) is 0. The van der Waals surface area contributed by atoms with Crippen LogP contribution < -0.4 is 9.46 Å². The first-order valence-electron chi connectivity index (χ1n) is 4.87. The average Bonchev–Trinajstić information content (AvgIpc) is 2.82. The number of hydrogen-bond acceptors (Lipinski definition) is 3. The lowest BCUT2D eigenvalue weighted by atomic mass is 10.3. The lowest BCUT2D eigenvalue weighted by Crippen LogP contribution is -2.10. The van der Waals surface area contributed by atoms with Gasteiger partial charge in [-0.15, -0.1) is 0 Å². The summed E-state index contributed by atoms with van der Waals surface area (Å²) in [5, 5.41) is 0. The second kappa shape index (κ2) is 3.93. The van der Waals surface area contributed by atoms with Crippen LogP contribution in [-0.2, 0) is 10.0 Å². The zero-order valence-electron chi connectivity index (χ0n) is 8.73. The van der Waals surface area contributed by atoms with Gasteiger partial charge in [0.15, 0.2) is 0 Å². The van der Waals surface area contributed by atoms with Crippen molar-refractivity contribution in [3.8, 4) is 5.75 Å². The average molecular weight is 245 g/mol. The number of anilines is 1. The van der Waals surface area contributed by atoms with Gasteiger partial charge in [-0.2, -0.15) is 0 Å². The van der Waals surface area contributed by atoms with Crippen molar-refractivity contribution < 1.29 is 17.5 Å². The van der Waals surface area contributed by atoms with E-state index in [4.69, 9.17) is 4.74 Å². The molecule has 0 radical (unpaired) electrons. The molecule has 1 fully saturated rings. The van der Waals surface area contributed by atoms with E-state index in [0.717, 1.165) is 25.2 Å². The Hall–Kier alpha value is -1.30. The summed E-state index contributed by atoms with van der Waals surface area (Å²) in [5.74, 6) is -0.169. The van der Waals surface area contributed by atoms with Crippen molar-refractivity contribution >= 4 is 15.7 Å².